The molecule has 0 amide bonds. The summed E-state index contributed by atoms with van der Waals surface area (Å²) < 4.78 is 5.73. The second-order valence-electron chi connectivity index (χ2n) is 5.29. The number of ether oxygens (including phenoxy) is 1. The summed E-state index contributed by atoms with van der Waals surface area (Å²) in [4.78, 5) is 2.47. The largest absolute Gasteiger partial charge is 0.491 e. The number of benzene rings is 1. The molecule has 3 heteroatoms. The van der Waals surface area contributed by atoms with Gasteiger partial charge in [-0.25, -0.2) is 0 Å². The van der Waals surface area contributed by atoms with E-state index < -0.39 is 0 Å². The van der Waals surface area contributed by atoms with Gasteiger partial charge in [0.1, 0.15) is 5.75 Å². The molecule has 1 saturated heterocycles. The molecule has 1 aromatic rings. The number of hydrogen-bond acceptors (Lipinski definition) is 3. The Morgan fingerprint density at radius 3 is 2.89 bits per heavy atom. The molecule has 1 aliphatic heterocycles. The van der Waals surface area contributed by atoms with E-state index in [2.05, 4.69) is 30.9 Å². The van der Waals surface area contributed by atoms with E-state index in [-0.39, 0.29) is 0 Å². The third-order valence-corrected chi connectivity index (χ3v) is 3.91. The van der Waals surface area contributed by atoms with Gasteiger partial charge in [-0.3, -0.25) is 0 Å². The molecule has 0 bridgehead atoms. The lowest BCUT2D eigenvalue weighted by molar-refractivity contribution is 0.319. The minimum Gasteiger partial charge on any atom is -0.491 e. The fraction of sp³-hybridized carbons (Fsp3) is 0.625. The Kier molecular flexibility index (Phi) is 4.94. The van der Waals surface area contributed by atoms with Crippen molar-refractivity contribution in [2.24, 2.45) is 0 Å². The first-order valence-corrected chi connectivity index (χ1v) is 7.55. The van der Waals surface area contributed by atoms with Crippen molar-refractivity contribution in [2.45, 2.75) is 52.0 Å². The lowest BCUT2D eigenvalue weighted by atomic mass is 9.99. The van der Waals surface area contributed by atoms with Crippen LogP contribution in [0, 0.1) is 0 Å². The van der Waals surface area contributed by atoms with Crippen LogP contribution >= 0.6 is 0 Å². The number of nitrogens with zero attached hydrogens (tertiary/aromatic N) is 1. The van der Waals surface area contributed by atoms with E-state index in [0.717, 1.165) is 36.7 Å². The molecule has 0 radical (unpaired) electrons. The van der Waals surface area contributed by atoms with Gasteiger partial charge in [0.15, 0.2) is 0 Å². The monoisotopic (exact) mass is 262 g/mol. The molecule has 1 atom stereocenters. The molecule has 0 aliphatic carbocycles. The van der Waals surface area contributed by atoms with Gasteiger partial charge in [-0.2, -0.15) is 0 Å². The van der Waals surface area contributed by atoms with Crippen LogP contribution in [0.2, 0.25) is 0 Å². The molecule has 3 nitrogen and oxygen atoms in total. The number of piperidine rings is 1. The first kappa shape index (κ1) is 14.0. The van der Waals surface area contributed by atoms with Crippen molar-refractivity contribution in [2.75, 3.05) is 23.8 Å². The molecule has 0 spiro atoms. The fourth-order valence-corrected chi connectivity index (χ4v) is 2.86. The van der Waals surface area contributed by atoms with Crippen LogP contribution in [-0.4, -0.2) is 19.2 Å². The Morgan fingerprint density at radius 1 is 1.32 bits per heavy atom. The molecule has 2 N–H and O–H groups in total. The quantitative estimate of drug-likeness (QED) is 0.820. The standard InChI is InChI=1S/C16H26N2O/c1-3-12-19-15-10-7-9-14(16(15)17)18-11-6-5-8-13(18)4-2/h7,9-10,13H,3-6,8,11-12,17H2,1-2H3. The molecule has 1 aliphatic rings. The van der Waals surface area contributed by atoms with Gasteiger partial charge in [0.25, 0.3) is 0 Å². The molecule has 1 aromatic carbocycles. The Morgan fingerprint density at radius 2 is 2.16 bits per heavy atom. The predicted octanol–water partition coefficient (Wildman–Crippen LogP) is 3.83. The maximum absolute atomic E-state index is 6.31. The van der Waals surface area contributed by atoms with Crippen LogP contribution in [0.1, 0.15) is 46.0 Å². The molecule has 1 unspecified atom stereocenters. The highest BCUT2D eigenvalue weighted by molar-refractivity contribution is 5.74. The van der Waals surface area contributed by atoms with E-state index in [1.54, 1.807) is 0 Å². The third kappa shape index (κ3) is 3.14. The van der Waals surface area contributed by atoms with E-state index in [0.29, 0.717) is 6.04 Å². The van der Waals surface area contributed by atoms with Crippen molar-refractivity contribution in [1.29, 1.82) is 0 Å². The van der Waals surface area contributed by atoms with Crippen LogP contribution in [0.3, 0.4) is 0 Å². The smallest absolute Gasteiger partial charge is 0.144 e. The molecule has 2 rings (SSSR count). The van der Waals surface area contributed by atoms with E-state index in [1.165, 1.54) is 25.7 Å². The molecule has 1 fully saturated rings. The maximum atomic E-state index is 6.31. The summed E-state index contributed by atoms with van der Waals surface area (Å²) in [7, 11) is 0. The minimum atomic E-state index is 0.623. The summed E-state index contributed by atoms with van der Waals surface area (Å²) in [6.45, 7) is 6.21. The summed E-state index contributed by atoms with van der Waals surface area (Å²) in [6.07, 6.45) is 6.05. The number of nitrogen functional groups attached to an aromatic ring is 1. The van der Waals surface area contributed by atoms with Crippen molar-refractivity contribution in [1.82, 2.24) is 0 Å². The zero-order chi connectivity index (χ0) is 13.7. The van der Waals surface area contributed by atoms with E-state index in [1.807, 2.05) is 6.07 Å². The van der Waals surface area contributed by atoms with Crippen LogP contribution in [-0.2, 0) is 0 Å². The second-order valence-corrected chi connectivity index (χ2v) is 5.29. The normalized spacial score (nSPS) is 19.5. The minimum absolute atomic E-state index is 0.623. The Balaban J connectivity index is 2.22. The Bertz CT molecular complexity index is 406. The summed E-state index contributed by atoms with van der Waals surface area (Å²) >= 11 is 0. The van der Waals surface area contributed by atoms with Crippen molar-refractivity contribution >= 4 is 11.4 Å². The SMILES string of the molecule is CCCOc1cccc(N2CCCCC2CC)c1N. The highest BCUT2D eigenvalue weighted by atomic mass is 16.5. The van der Waals surface area contributed by atoms with Crippen LogP contribution < -0.4 is 15.4 Å². The summed E-state index contributed by atoms with van der Waals surface area (Å²) in [6, 6.07) is 6.77. The molecule has 0 aromatic heterocycles. The van der Waals surface area contributed by atoms with Crippen molar-refractivity contribution in [3.63, 3.8) is 0 Å². The van der Waals surface area contributed by atoms with Crippen LogP contribution in [0.15, 0.2) is 18.2 Å². The first-order chi connectivity index (χ1) is 9.27. The zero-order valence-corrected chi connectivity index (χ0v) is 12.2. The highest BCUT2D eigenvalue weighted by Gasteiger charge is 2.23. The molecule has 0 saturated carbocycles. The van der Waals surface area contributed by atoms with Crippen LogP contribution in [0.25, 0.3) is 0 Å². The number of rotatable bonds is 5. The van der Waals surface area contributed by atoms with Gasteiger partial charge in [-0.1, -0.05) is 19.9 Å². The van der Waals surface area contributed by atoms with Crippen LogP contribution in [0.5, 0.6) is 5.75 Å². The lowest BCUT2D eigenvalue weighted by Gasteiger charge is -2.38. The highest BCUT2D eigenvalue weighted by Crippen LogP contribution is 2.36. The van der Waals surface area contributed by atoms with Gasteiger partial charge in [0, 0.05) is 12.6 Å². The number of nitrogens with two attached hydrogens (primary N) is 1. The zero-order valence-electron chi connectivity index (χ0n) is 12.2. The summed E-state index contributed by atoms with van der Waals surface area (Å²) in [5, 5.41) is 0. The molecular formula is C16H26N2O. The molecular weight excluding hydrogens is 236 g/mol. The number of anilines is 2. The topological polar surface area (TPSA) is 38.5 Å². The first-order valence-electron chi connectivity index (χ1n) is 7.55. The lowest BCUT2D eigenvalue weighted by Crippen LogP contribution is -2.39. The maximum Gasteiger partial charge on any atom is 0.144 e. The van der Waals surface area contributed by atoms with Crippen molar-refractivity contribution in [3.8, 4) is 5.75 Å². The third-order valence-electron chi connectivity index (χ3n) is 3.91. The average molecular weight is 262 g/mol. The fourth-order valence-electron chi connectivity index (χ4n) is 2.86. The van der Waals surface area contributed by atoms with Gasteiger partial charge >= 0.3 is 0 Å². The van der Waals surface area contributed by atoms with Crippen molar-refractivity contribution < 1.29 is 4.74 Å². The predicted molar refractivity (Wildman–Crippen MR) is 81.9 cm³/mol. The molecule has 106 valence electrons. The van der Waals surface area contributed by atoms with E-state index in [9.17, 15) is 0 Å². The van der Waals surface area contributed by atoms with Gasteiger partial charge in [-0.05, 0) is 44.2 Å². The molecule has 1 heterocycles. The van der Waals surface area contributed by atoms with Gasteiger partial charge in [0.05, 0.1) is 18.0 Å². The Hall–Kier alpha value is -1.38. The van der Waals surface area contributed by atoms with E-state index in [4.69, 9.17) is 10.5 Å². The van der Waals surface area contributed by atoms with Crippen LogP contribution in [0.4, 0.5) is 11.4 Å². The van der Waals surface area contributed by atoms with Gasteiger partial charge in [0.2, 0.25) is 0 Å². The number of hydrogen-bond donors (Lipinski definition) is 1. The van der Waals surface area contributed by atoms with Gasteiger partial charge < -0.3 is 15.4 Å². The average Bonchev–Trinajstić information content (AvgIpc) is 2.46. The number of para-hydroxylation sites is 1. The van der Waals surface area contributed by atoms with E-state index >= 15 is 0 Å². The second kappa shape index (κ2) is 6.69. The molecule has 19 heavy (non-hydrogen) atoms. The Labute approximate surface area is 116 Å². The summed E-state index contributed by atoms with van der Waals surface area (Å²) in [5.41, 5.74) is 8.26. The van der Waals surface area contributed by atoms with Crippen molar-refractivity contribution in [3.05, 3.63) is 18.2 Å². The summed E-state index contributed by atoms with van der Waals surface area (Å²) in [5.74, 6) is 0.833. The van der Waals surface area contributed by atoms with Gasteiger partial charge in [-0.15, -0.1) is 0 Å².